The Balaban J connectivity index is 0.00000225. The first-order valence-electron chi connectivity index (χ1n) is 8.00. The zero-order chi connectivity index (χ0) is 17.1. The van der Waals surface area contributed by atoms with Crippen LogP contribution in [0.1, 0.15) is 23.1 Å². The lowest BCUT2D eigenvalue weighted by molar-refractivity contribution is 0.551. The number of anilines is 1. The maximum absolute atomic E-state index is 9.04. The third kappa shape index (κ3) is 4.80. The molecule has 0 bridgehead atoms. The Morgan fingerprint density at radius 2 is 2.04 bits per heavy atom. The summed E-state index contributed by atoms with van der Waals surface area (Å²) < 4.78 is 0. The minimum atomic E-state index is 0. The lowest BCUT2D eigenvalue weighted by atomic mass is 10.1. The molecule has 1 heterocycles. The molecule has 0 aromatic heterocycles. The van der Waals surface area contributed by atoms with E-state index in [-0.39, 0.29) is 12.4 Å². The third-order valence-electron chi connectivity index (χ3n) is 4.48. The molecule has 132 valence electrons. The fourth-order valence-corrected chi connectivity index (χ4v) is 3.53. The standard InChI is InChI=1S/C19H19Cl2N3.ClH/c1-13-8-18(5-3-14(13)10-22)24-7-6-17(12-24)23-11-15-2-4-16(20)9-19(15)21;/h2-5,8-9,17,23H,6-7,11-12H2,1H3;1H/t17-;/m0./s1. The van der Waals surface area contributed by atoms with Crippen molar-refractivity contribution in [1.82, 2.24) is 5.32 Å². The van der Waals surface area contributed by atoms with E-state index >= 15 is 0 Å². The van der Waals surface area contributed by atoms with Crippen LogP contribution in [0.5, 0.6) is 0 Å². The zero-order valence-electron chi connectivity index (χ0n) is 13.9. The normalized spacial score (nSPS) is 16.4. The van der Waals surface area contributed by atoms with Gasteiger partial charge in [0, 0.05) is 41.4 Å². The van der Waals surface area contributed by atoms with Gasteiger partial charge in [-0.25, -0.2) is 0 Å². The van der Waals surface area contributed by atoms with E-state index in [4.69, 9.17) is 28.5 Å². The minimum absolute atomic E-state index is 0. The monoisotopic (exact) mass is 395 g/mol. The van der Waals surface area contributed by atoms with Crippen molar-refractivity contribution in [3.8, 4) is 6.07 Å². The summed E-state index contributed by atoms with van der Waals surface area (Å²) in [4.78, 5) is 2.36. The van der Waals surface area contributed by atoms with Crippen LogP contribution >= 0.6 is 35.6 Å². The summed E-state index contributed by atoms with van der Waals surface area (Å²) in [6.45, 7) is 4.69. The average Bonchev–Trinajstić information content (AvgIpc) is 3.03. The van der Waals surface area contributed by atoms with E-state index in [9.17, 15) is 0 Å². The van der Waals surface area contributed by atoms with Crippen LogP contribution in [0, 0.1) is 18.3 Å². The molecule has 0 unspecified atom stereocenters. The maximum Gasteiger partial charge on any atom is 0.0994 e. The number of nitrogens with one attached hydrogen (secondary N) is 1. The van der Waals surface area contributed by atoms with E-state index < -0.39 is 0 Å². The fraction of sp³-hybridized carbons (Fsp3) is 0.316. The molecule has 0 saturated carbocycles. The van der Waals surface area contributed by atoms with Crippen LogP contribution in [0.25, 0.3) is 0 Å². The number of hydrogen-bond donors (Lipinski definition) is 1. The first kappa shape index (κ1) is 19.9. The molecular formula is C19H20Cl3N3. The summed E-state index contributed by atoms with van der Waals surface area (Å²) in [5.74, 6) is 0. The Bertz CT molecular complexity index is 786. The Kier molecular flexibility index (Phi) is 6.98. The number of rotatable bonds is 4. The SMILES string of the molecule is Cc1cc(N2CC[C@H](NCc3ccc(Cl)cc3Cl)C2)ccc1C#N.Cl. The number of hydrogen-bond acceptors (Lipinski definition) is 3. The second-order valence-corrected chi connectivity index (χ2v) is 7.00. The van der Waals surface area contributed by atoms with Crippen molar-refractivity contribution in [1.29, 1.82) is 5.26 Å². The fourth-order valence-electron chi connectivity index (χ4n) is 3.05. The average molecular weight is 397 g/mol. The molecule has 1 fully saturated rings. The predicted octanol–water partition coefficient (Wildman–Crippen LogP) is 4.96. The van der Waals surface area contributed by atoms with Gasteiger partial charge >= 0.3 is 0 Å². The van der Waals surface area contributed by atoms with Crippen LogP contribution in [0.3, 0.4) is 0 Å². The van der Waals surface area contributed by atoms with Gasteiger partial charge in [-0.05, 0) is 54.8 Å². The van der Waals surface area contributed by atoms with E-state index in [2.05, 4.69) is 22.4 Å². The first-order valence-corrected chi connectivity index (χ1v) is 8.75. The van der Waals surface area contributed by atoms with Gasteiger partial charge in [0.2, 0.25) is 0 Å². The minimum Gasteiger partial charge on any atom is -0.370 e. The molecule has 1 aliphatic heterocycles. The van der Waals surface area contributed by atoms with Gasteiger partial charge in [0.25, 0.3) is 0 Å². The second-order valence-electron chi connectivity index (χ2n) is 6.16. The first-order chi connectivity index (χ1) is 11.6. The molecule has 0 amide bonds. The maximum atomic E-state index is 9.04. The largest absolute Gasteiger partial charge is 0.370 e. The highest BCUT2D eigenvalue weighted by molar-refractivity contribution is 6.35. The smallest absolute Gasteiger partial charge is 0.0994 e. The zero-order valence-corrected chi connectivity index (χ0v) is 16.3. The third-order valence-corrected chi connectivity index (χ3v) is 5.07. The van der Waals surface area contributed by atoms with Gasteiger partial charge in [-0.2, -0.15) is 5.26 Å². The second kappa shape index (κ2) is 8.78. The van der Waals surface area contributed by atoms with Crippen molar-refractivity contribution in [2.24, 2.45) is 0 Å². The molecule has 0 spiro atoms. The van der Waals surface area contributed by atoms with Crippen LogP contribution < -0.4 is 10.2 Å². The summed E-state index contributed by atoms with van der Waals surface area (Å²) in [5, 5.41) is 14.0. The van der Waals surface area contributed by atoms with Crippen LogP contribution in [0.4, 0.5) is 5.69 Å². The molecule has 2 aromatic rings. The van der Waals surface area contributed by atoms with Crippen molar-refractivity contribution >= 4 is 41.3 Å². The summed E-state index contributed by atoms with van der Waals surface area (Å²) >= 11 is 12.2. The van der Waals surface area contributed by atoms with Gasteiger partial charge in [0.15, 0.2) is 0 Å². The summed E-state index contributed by atoms with van der Waals surface area (Å²) in [6.07, 6.45) is 1.09. The lowest BCUT2D eigenvalue weighted by Crippen LogP contribution is -2.32. The van der Waals surface area contributed by atoms with Crippen molar-refractivity contribution < 1.29 is 0 Å². The molecule has 2 aromatic carbocycles. The van der Waals surface area contributed by atoms with E-state index in [1.165, 1.54) is 5.69 Å². The summed E-state index contributed by atoms with van der Waals surface area (Å²) in [7, 11) is 0. The Labute approximate surface area is 164 Å². The number of aryl methyl sites for hydroxylation is 1. The van der Waals surface area contributed by atoms with E-state index in [1.54, 1.807) is 6.07 Å². The molecule has 6 heteroatoms. The molecule has 1 atom stereocenters. The van der Waals surface area contributed by atoms with Crippen molar-refractivity contribution in [2.75, 3.05) is 18.0 Å². The van der Waals surface area contributed by atoms with E-state index in [0.717, 1.165) is 42.7 Å². The van der Waals surface area contributed by atoms with Gasteiger partial charge < -0.3 is 10.2 Å². The summed E-state index contributed by atoms with van der Waals surface area (Å²) in [6, 6.07) is 14.3. The van der Waals surface area contributed by atoms with Gasteiger partial charge in [-0.1, -0.05) is 29.3 Å². The van der Waals surface area contributed by atoms with Crippen LogP contribution in [0.15, 0.2) is 36.4 Å². The van der Waals surface area contributed by atoms with Gasteiger partial charge in [0.05, 0.1) is 11.6 Å². The highest BCUT2D eigenvalue weighted by atomic mass is 35.5. The predicted molar refractivity (Wildman–Crippen MR) is 107 cm³/mol. The molecule has 3 nitrogen and oxygen atoms in total. The number of nitriles is 1. The van der Waals surface area contributed by atoms with Crippen molar-refractivity contribution in [3.63, 3.8) is 0 Å². The Morgan fingerprint density at radius 3 is 2.72 bits per heavy atom. The van der Waals surface area contributed by atoms with Crippen LogP contribution in [-0.2, 0) is 6.54 Å². The Hall–Kier alpha value is -1.44. The quantitative estimate of drug-likeness (QED) is 0.793. The van der Waals surface area contributed by atoms with Gasteiger partial charge in [-0.3, -0.25) is 0 Å². The van der Waals surface area contributed by atoms with E-state index in [0.29, 0.717) is 16.1 Å². The Morgan fingerprint density at radius 1 is 1.24 bits per heavy atom. The molecule has 25 heavy (non-hydrogen) atoms. The molecule has 0 radical (unpaired) electrons. The number of halogens is 3. The van der Waals surface area contributed by atoms with Gasteiger partial charge in [-0.15, -0.1) is 12.4 Å². The highest BCUT2D eigenvalue weighted by Gasteiger charge is 2.22. The van der Waals surface area contributed by atoms with Gasteiger partial charge in [0.1, 0.15) is 0 Å². The van der Waals surface area contributed by atoms with Crippen molar-refractivity contribution in [3.05, 3.63) is 63.1 Å². The molecule has 3 rings (SSSR count). The molecule has 0 aliphatic carbocycles. The van der Waals surface area contributed by atoms with Crippen LogP contribution in [-0.4, -0.2) is 19.1 Å². The molecule has 1 saturated heterocycles. The highest BCUT2D eigenvalue weighted by Crippen LogP contribution is 2.24. The molecular weight excluding hydrogens is 377 g/mol. The number of nitrogens with zero attached hydrogens (tertiary/aromatic N) is 2. The van der Waals surface area contributed by atoms with Crippen molar-refractivity contribution in [2.45, 2.75) is 25.9 Å². The molecule has 1 N–H and O–H groups in total. The van der Waals surface area contributed by atoms with Crippen LogP contribution in [0.2, 0.25) is 10.0 Å². The summed E-state index contributed by atoms with van der Waals surface area (Å²) in [5.41, 5.74) is 4.01. The lowest BCUT2D eigenvalue weighted by Gasteiger charge is -2.20. The van der Waals surface area contributed by atoms with E-state index in [1.807, 2.05) is 31.2 Å². The topological polar surface area (TPSA) is 39.1 Å². The number of benzene rings is 2. The molecule has 1 aliphatic rings.